The largest absolute Gasteiger partial charge is 0.310 e. The first-order chi connectivity index (χ1) is 9.61. The van der Waals surface area contributed by atoms with Gasteiger partial charge in [0.25, 0.3) is 0 Å². The Hall–Kier alpha value is -1.74. The van der Waals surface area contributed by atoms with Gasteiger partial charge >= 0.3 is 0 Å². The maximum absolute atomic E-state index is 13.8. The van der Waals surface area contributed by atoms with Crippen LogP contribution in [-0.2, 0) is 11.2 Å². The molecule has 0 bridgehead atoms. The van der Waals surface area contributed by atoms with Crippen LogP contribution in [0, 0.1) is 0 Å². The van der Waals surface area contributed by atoms with Crippen LogP contribution in [0.4, 0.5) is 4.39 Å². The maximum Gasteiger partial charge on any atom is 0.147 e. The number of carbonyl (C=O) groups is 1. The van der Waals surface area contributed by atoms with Crippen molar-refractivity contribution in [2.24, 2.45) is 0 Å². The van der Waals surface area contributed by atoms with Gasteiger partial charge in [0.15, 0.2) is 0 Å². The van der Waals surface area contributed by atoms with Crippen LogP contribution in [0.2, 0.25) is 0 Å². The Bertz CT molecular complexity index is 543. The van der Waals surface area contributed by atoms with E-state index >= 15 is 0 Å². The minimum absolute atomic E-state index is 0.0444. The van der Waals surface area contributed by atoms with Crippen LogP contribution in [0.3, 0.4) is 0 Å². The molecule has 1 N–H and O–H groups in total. The molecule has 1 atom stereocenters. The molecule has 0 amide bonds. The van der Waals surface area contributed by atoms with Gasteiger partial charge in [-0.25, -0.2) is 4.39 Å². The Kier molecular flexibility index (Phi) is 4.85. The molecule has 0 unspecified atom stereocenters. The van der Waals surface area contributed by atoms with Crippen LogP contribution in [0.25, 0.3) is 5.57 Å². The standard InChI is InChI=1S/C17H20FNO/c1-12(20)17(19-2)11-13-7-9-14(10-8-13)15-5-3-4-6-16(15)18/h3,5,7-10,17,19H,4,6,11H2,1-2H3/t17-/m0/s1. The lowest BCUT2D eigenvalue weighted by molar-refractivity contribution is -0.118. The molecule has 106 valence electrons. The molecular weight excluding hydrogens is 253 g/mol. The molecule has 2 rings (SSSR count). The van der Waals surface area contributed by atoms with Gasteiger partial charge in [0.2, 0.25) is 0 Å². The minimum Gasteiger partial charge on any atom is -0.310 e. The molecule has 0 fully saturated rings. The highest BCUT2D eigenvalue weighted by Crippen LogP contribution is 2.28. The van der Waals surface area contributed by atoms with Crippen molar-refractivity contribution in [3.05, 3.63) is 53.4 Å². The number of allylic oxidation sites excluding steroid dienone is 4. The number of hydrogen-bond donors (Lipinski definition) is 1. The molecule has 3 heteroatoms. The number of nitrogens with one attached hydrogen (secondary N) is 1. The summed E-state index contributed by atoms with van der Waals surface area (Å²) in [5.74, 6) is 0.0811. The van der Waals surface area contributed by atoms with Crippen molar-refractivity contribution in [1.29, 1.82) is 0 Å². The van der Waals surface area contributed by atoms with Gasteiger partial charge in [0.05, 0.1) is 6.04 Å². The summed E-state index contributed by atoms with van der Waals surface area (Å²) in [7, 11) is 1.79. The third-order valence-electron chi connectivity index (χ3n) is 3.65. The van der Waals surface area contributed by atoms with Crippen molar-refractivity contribution in [2.75, 3.05) is 7.05 Å². The van der Waals surface area contributed by atoms with Crippen LogP contribution in [-0.4, -0.2) is 18.9 Å². The molecule has 2 nitrogen and oxygen atoms in total. The van der Waals surface area contributed by atoms with Crippen LogP contribution >= 0.6 is 0 Å². The number of rotatable bonds is 5. The Balaban J connectivity index is 2.14. The lowest BCUT2D eigenvalue weighted by Crippen LogP contribution is -2.34. The lowest BCUT2D eigenvalue weighted by atomic mass is 9.96. The van der Waals surface area contributed by atoms with Gasteiger partial charge in [0, 0.05) is 12.0 Å². The number of ketones is 1. The van der Waals surface area contributed by atoms with Crippen LogP contribution < -0.4 is 5.32 Å². The molecule has 1 aromatic carbocycles. The summed E-state index contributed by atoms with van der Waals surface area (Å²) in [5.41, 5.74) is 2.65. The highest BCUT2D eigenvalue weighted by molar-refractivity contribution is 5.81. The number of likely N-dealkylation sites (N-methyl/N-ethyl adjacent to an activating group) is 1. The third-order valence-corrected chi connectivity index (χ3v) is 3.65. The molecule has 0 aromatic heterocycles. The molecule has 0 heterocycles. The number of carbonyl (C=O) groups excluding carboxylic acids is 1. The first-order valence-corrected chi connectivity index (χ1v) is 6.94. The summed E-state index contributed by atoms with van der Waals surface area (Å²) in [6.07, 6.45) is 5.76. The average molecular weight is 273 g/mol. The van der Waals surface area contributed by atoms with Gasteiger partial charge in [0.1, 0.15) is 11.6 Å². The van der Waals surface area contributed by atoms with Crippen molar-refractivity contribution in [3.8, 4) is 0 Å². The van der Waals surface area contributed by atoms with Gasteiger partial charge in [-0.15, -0.1) is 0 Å². The van der Waals surface area contributed by atoms with E-state index in [4.69, 9.17) is 0 Å². The van der Waals surface area contributed by atoms with E-state index in [1.165, 1.54) is 0 Å². The van der Waals surface area contributed by atoms with Gasteiger partial charge in [-0.3, -0.25) is 4.79 Å². The molecule has 0 aliphatic heterocycles. The molecule has 0 saturated heterocycles. The third kappa shape index (κ3) is 3.42. The minimum atomic E-state index is -0.161. The summed E-state index contributed by atoms with van der Waals surface area (Å²) in [6.45, 7) is 1.59. The molecular formula is C17H20FNO. The smallest absolute Gasteiger partial charge is 0.147 e. The van der Waals surface area contributed by atoms with E-state index in [2.05, 4.69) is 5.32 Å². The molecule has 0 saturated carbocycles. The van der Waals surface area contributed by atoms with E-state index in [0.717, 1.165) is 17.5 Å². The second-order valence-corrected chi connectivity index (χ2v) is 5.11. The van der Waals surface area contributed by atoms with Gasteiger partial charge < -0.3 is 5.32 Å². The summed E-state index contributed by atoms with van der Waals surface area (Å²) in [4.78, 5) is 11.4. The fraction of sp³-hybridized carbons (Fsp3) is 0.353. The fourth-order valence-corrected chi connectivity index (χ4v) is 2.39. The quantitative estimate of drug-likeness (QED) is 0.890. The maximum atomic E-state index is 13.8. The van der Waals surface area contributed by atoms with Crippen LogP contribution in [0.1, 0.15) is 30.9 Å². The van der Waals surface area contributed by atoms with Crippen molar-refractivity contribution in [3.63, 3.8) is 0 Å². The topological polar surface area (TPSA) is 29.1 Å². The van der Waals surface area contributed by atoms with E-state index in [0.29, 0.717) is 18.4 Å². The molecule has 0 radical (unpaired) electrons. The van der Waals surface area contributed by atoms with Gasteiger partial charge in [-0.05, 0) is 37.9 Å². The first kappa shape index (κ1) is 14.7. The SMILES string of the molecule is CN[C@@H](Cc1ccc(C2=C(F)CCC=C2)cc1)C(C)=O. The van der Waals surface area contributed by atoms with Gasteiger partial charge in [-0.2, -0.15) is 0 Å². The Labute approximate surface area is 119 Å². The van der Waals surface area contributed by atoms with Crippen LogP contribution in [0.15, 0.2) is 42.2 Å². The summed E-state index contributed by atoms with van der Waals surface area (Å²) >= 11 is 0. The molecule has 1 aromatic rings. The summed E-state index contributed by atoms with van der Waals surface area (Å²) in [5, 5.41) is 3.00. The highest BCUT2D eigenvalue weighted by atomic mass is 19.1. The Morgan fingerprint density at radius 2 is 2.05 bits per heavy atom. The molecule has 1 aliphatic carbocycles. The van der Waals surface area contributed by atoms with E-state index in [9.17, 15) is 9.18 Å². The molecule has 20 heavy (non-hydrogen) atoms. The van der Waals surface area contributed by atoms with Crippen molar-refractivity contribution in [2.45, 2.75) is 32.2 Å². The highest BCUT2D eigenvalue weighted by Gasteiger charge is 2.13. The van der Waals surface area contributed by atoms with Crippen molar-refractivity contribution < 1.29 is 9.18 Å². The number of hydrogen-bond acceptors (Lipinski definition) is 2. The fourth-order valence-electron chi connectivity index (χ4n) is 2.39. The predicted octanol–water partition coefficient (Wildman–Crippen LogP) is 3.44. The first-order valence-electron chi connectivity index (χ1n) is 6.94. The van der Waals surface area contributed by atoms with E-state index in [1.807, 2.05) is 36.4 Å². The molecule has 0 spiro atoms. The second kappa shape index (κ2) is 6.62. The lowest BCUT2D eigenvalue weighted by Gasteiger charge is -2.14. The Morgan fingerprint density at radius 1 is 1.35 bits per heavy atom. The summed E-state index contributed by atoms with van der Waals surface area (Å²) in [6, 6.07) is 7.61. The van der Waals surface area contributed by atoms with E-state index in [-0.39, 0.29) is 17.7 Å². The zero-order valence-electron chi connectivity index (χ0n) is 11.9. The molecule has 1 aliphatic rings. The van der Waals surface area contributed by atoms with E-state index < -0.39 is 0 Å². The van der Waals surface area contributed by atoms with Crippen molar-refractivity contribution >= 4 is 11.4 Å². The Morgan fingerprint density at radius 3 is 2.60 bits per heavy atom. The monoisotopic (exact) mass is 273 g/mol. The normalized spacial score (nSPS) is 16.4. The number of Topliss-reactive ketones (excluding diaryl/α,β-unsaturated/α-hetero) is 1. The zero-order valence-corrected chi connectivity index (χ0v) is 11.9. The number of halogens is 1. The van der Waals surface area contributed by atoms with Crippen LogP contribution in [0.5, 0.6) is 0 Å². The number of benzene rings is 1. The van der Waals surface area contributed by atoms with Crippen molar-refractivity contribution in [1.82, 2.24) is 5.32 Å². The second-order valence-electron chi connectivity index (χ2n) is 5.11. The average Bonchev–Trinajstić information content (AvgIpc) is 2.46. The van der Waals surface area contributed by atoms with Gasteiger partial charge in [-0.1, -0.05) is 36.4 Å². The predicted molar refractivity (Wildman–Crippen MR) is 80.1 cm³/mol. The summed E-state index contributed by atoms with van der Waals surface area (Å²) < 4.78 is 13.8. The zero-order chi connectivity index (χ0) is 14.5. The van der Waals surface area contributed by atoms with E-state index in [1.54, 1.807) is 14.0 Å².